The van der Waals surface area contributed by atoms with Crippen LogP contribution in [0.15, 0.2) is 12.0 Å². The van der Waals surface area contributed by atoms with Crippen molar-refractivity contribution in [2.45, 2.75) is 128 Å². The lowest BCUT2D eigenvalue weighted by molar-refractivity contribution is 0.0636. The van der Waals surface area contributed by atoms with Crippen LogP contribution in [0.1, 0.15) is 99.3 Å². The van der Waals surface area contributed by atoms with Gasteiger partial charge in [-0.25, -0.2) is 0 Å². The molecule has 31 heavy (non-hydrogen) atoms. The SMILES string of the molecule is C=CSC(CC[Si](CC)(CC)CC)[Si](OCC)(OCC)OCCCCCCCCCC. The van der Waals surface area contributed by atoms with Crippen LogP contribution in [-0.4, -0.2) is 41.6 Å². The van der Waals surface area contributed by atoms with Crippen LogP contribution < -0.4 is 0 Å². The molecule has 0 saturated carbocycles. The van der Waals surface area contributed by atoms with Gasteiger partial charge >= 0.3 is 8.80 Å². The quantitative estimate of drug-likeness (QED) is 0.106. The van der Waals surface area contributed by atoms with Crippen LogP contribution >= 0.6 is 11.8 Å². The van der Waals surface area contributed by atoms with Gasteiger partial charge in [-0.2, -0.15) is 0 Å². The van der Waals surface area contributed by atoms with Gasteiger partial charge in [-0.05, 0) is 32.1 Å². The van der Waals surface area contributed by atoms with Gasteiger partial charge in [0.25, 0.3) is 0 Å². The van der Waals surface area contributed by atoms with Crippen LogP contribution in [0.3, 0.4) is 0 Å². The standard InChI is InChI=1S/C25H54O3SSi2/c1-8-15-16-17-18-19-20-21-23-28-31(26-9-2,27-10-3)25(29-11-4)22-24-30(12-5,13-6)14-7/h11,25H,4,8-10,12-24H2,1-3,5-7H3. The number of hydrogen-bond acceptors (Lipinski definition) is 4. The number of rotatable bonds is 23. The third-order valence-corrected chi connectivity index (χ3v) is 17.8. The molecule has 186 valence electrons. The molecular weight excluding hydrogens is 437 g/mol. The molecule has 0 rings (SSSR count). The topological polar surface area (TPSA) is 27.7 Å². The third kappa shape index (κ3) is 12.4. The first kappa shape index (κ1) is 31.4. The molecular formula is C25H54O3SSi2. The van der Waals surface area contributed by atoms with Gasteiger partial charge in [-0.1, -0.05) is 103 Å². The van der Waals surface area contributed by atoms with Crippen molar-refractivity contribution < 1.29 is 13.3 Å². The minimum atomic E-state index is -2.76. The Kier molecular flexibility index (Phi) is 20.1. The van der Waals surface area contributed by atoms with E-state index >= 15 is 0 Å². The van der Waals surface area contributed by atoms with Crippen molar-refractivity contribution in [3.05, 3.63) is 12.0 Å². The maximum Gasteiger partial charge on any atom is 0.514 e. The lowest BCUT2D eigenvalue weighted by Gasteiger charge is -2.37. The highest BCUT2D eigenvalue weighted by Crippen LogP contribution is 2.35. The number of hydrogen-bond donors (Lipinski definition) is 0. The normalized spacial score (nSPS) is 13.5. The predicted octanol–water partition coefficient (Wildman–Crippen LogP) is 8.84. The van der Waals surface area contributed by atoms with Gasteiger partial charge in [0.1, 0.15) is 0 Å². The maximum atomic E-state index is 6.58. The van der Waals surface area contributed by atoms with Gasteiger partial charge in [0.05, 0.1) is 12.9 Å². The molecule has 0 aliphatic rings. The average Bonchev–Trinajstić information content (AvgIpc) is 2.78. The molecule has 0 N–H and O–H groups in total. The highest BCUT2D eigenvalue weighted by atomic mass is 32.2. The Morgan fingerprint density at radius 3 is 1.71 bits per heavy atom. The Bertz CT molecular complexity index is 405. The van der Waals surface area contributed by atoms with E-state index < -0.39 is 16.9 Å². The molecule has 0 saturated heterocycles. The zero-order chi connectivity index (χ0) is 23.4. The van der Waals surface area contributed by atoms with E-state index in [2.05, 4.69) is 48.1 Å². The van der Waals surface area contributed by atoms with Crippen LogP contribution in [0, 0.1) is 0 Å². The van der Waals surface area contributed by atoms with Crippen LogP contribution in [0.25, 0.3) is 0 Å². The smallest absolute Gasteiger partial charge is 0.373 e. The van der Waals surface area contributed by atoms with Crippen LogP contribution in [-0.2, 0) is 13.3 Å². The summed E-state index contributed by atoms with van der Waals surface area (Å²) >= 11 is 1.79. The monoisotopic (exact) mass is 490 g/mol. The molecule has 3 nitrogen and oxygen atoms in total. The van der Waals surface area contributed by atoms with Crippen molar-refractivity contribution >= 4 is 28.6 Å². The van der Waals surface area contributed by atoms with E-state index in [1.807, 2.05) is 5.41 Å². The number of thioether (sulfide) groups is 1. The van der Waals surface area contributed by atoms with Crippen molar-refractivity contribution in [1.29, 1.82) is 0 Å². The first-order valence-electron chi connectivity index (χ1n) is 13.2. The minimum absolute atomic E-state index is 0.260. The fourth-order valence-electron chi connectivity index (χ4n) is 4.42. The minimum Gasteiger partial charge on any atom is -0.373 e. The highest BCUT2D eigenvalue weighted by Gasteiger charge is 2.50. The van der Waals surface area contributed by atoms with Gasteiger partial charge in [0.15, 0.2) is 0 Å². The summed E-state index contributed by atoms with van der Waals surface area (Å²) in [4.78, 5) is 0.260. The molecule has 0 aliphatic carbocycles. The molecule has 0 aromatic heterocycles. The molecule has 0 amide bonds. The van der Waals surface area contributed by atoms with Gasteiger partial charge in [0.2, 0.25) is 0 Å². The molecule has 1 atom stereocenters. The Balaban J connectivity index is 4.98. The Labute approximate surface area is 201 Å². The Morgan fingerprint density at radius 2 is 1.26 bits per heavy atom. The molecule has 0 spiro atoms. The molecule has 0 fully saturated rings. The molecule has 0 aliphatic heterocycles. The fourth-order valence-corrected chi connectivity index (χ4v) is 13.0. The van der Waals surface area contributed by atoms with E-state index in [1.165, 1.54) is 69.1 Å². The summed E-state index contributed by atoms with van der Waals surface area (Å²) < 4.78 is 19.3. The molecule has 6 heteroatoms. The first-order valence-corrected chi connectivity index (χ1v) is 18.8. The van der Waals surface area contributed by atoms with Crippen LogP contribution in [0.4, 0.5) is 0 Å². The van der Waals surface area contributed by atoms with Crippen LogP contribution in [0.5, 0.6) is 0 Å². The van der Waals surface area contributed by atoms with E-state index in [-0.39, 0.29) is 4.87 Å². The summed E-state index contributed by atoms with van der Waals surface area (Å²) in [5.41, 5.74) is 0. The zero-order valence-electron chi connectivity index (χ0n) is 21.8. The fraction of sp³-hybridized carbons (Fsp3) is 0.920. The van der Waals surface area contributed by atoms with Crippen molar-refractivity contribution in [3.63, 3.8) is 0 Å². The summed E-state index contributed by atoms with van der Waals surface area (Å²) in [5.74, 6) is 0. The Hall–Kier alpha value is 0.404. The maximum absolute atomic E-state index is 6.58. The second-order valence-corrected chi connectivity index (χ2v) is 18.7. The zero-order valence-corrected chi connectivity index (χ0v) is 24.6. The average molecular weight is 491 g/mol. The Morgan fingerprint density at radius 1 is 0.742 bits per heavy atom. The summed E-state index contributed by atoms with van der Waals surface area (Å²) in [6.07, 6.45) is 11.6. The van der Waals surface area contributed by atoms with E-state index in [0.717, 1.165) is 19.4 Å². The lowest BCUT2D eigenvalue weighted by Crippen LogP contribution is -2.55. The van der Waals surface area contributed by atoms with E-state index in [9.17, 15) is 0 Å². The van der Waals surface area contributed by atoms with Gasteiger partial charge in [0, 0.05) is 19.8 Å². The van der Waals surface area contributed by atoms with Crippen LogP contribution in [0.2, 0.25) is 24.2 Å². The van der Waals surface area contributed by atoms with E-state index in [0.29, 0.717) is 13.2 Å². The van der Waals surface area contributed by atoms with Gasteiger partial charge in [-0.3, -0.25) is 0 Å². The molecule has 0 aromatic rings. The molecule has 0 aromatic carbocycles. The van der Waals surface area contributed by atoms with E-state index in [4.69, 9.17) is 13.3 Å². The highest BCUT2D eigenvalue weighted by molar-refractivity contribution is 8.04. The summed E-state index contributed by atoms with van der Waals surface area (Å²) in [6, 6.07) is 5.42. The third-order valence-electron chi connectivity index (χ3n) is 6.83. The van der Waals surface area contributed by atoms with Crippen molar-refractivity contribution in [2.75, 3.05) is 19.8 Å². The second-order valence-electron chi connectivity index (χ2n) is 8.68. The van der Waals surface area contributed by atoms with Crippen molar-refractivity contribution in [2.24, 2.45) is 0 Å². The van der Waals surface area contributed by atoms with E-state index in [1.54, 1.807) is 11.8 Å². The van der Waals surface area contributed by atoms with Crippen molar-refractivity contribution in [3.8, 4) is 0 Å². The first-order chi connectivity index (χ1) is 15.0. The molecule has 0 bridgehead atoms. The summed E-state index contributed by atoms with van der Waals surface area (Å²) in [5, 5.41) is 1.97. The predicted molar refractivity (Wildman–Crippen MR) is 146 cm³/mol. The van der Waals surface area contributed by atoms with Gasteiger partial charge in [-0.15, -0.1) is 11.8 Å². The number of unbranched alkanes of at least 4 members (excludes halogenated alkanes) is 7. The van der Waals surface area contributed by atoms with Gasteiger partial charge < -0.3 is 13.3 Å². The molecule has 0 heterocycles. The summed E-state index contributed by atoms with van der Waals surface area (Å²) in [6.45, 7) is 19.7. The largest absolute Gasteiger partial charge is 0.514 e. The molecule has 1 unspecified atom stereocenters. The van der Waals surface area contributed by atoms with Crippen molar-refractivity contribution in [1.82, 2.24) is 0 Å². The second kappa shape index (κ2) is 19.8. The molecule has 0 radical (unpaired) electrons. The summed E-state index contributed by atoms with van der Waals surface area (Å²) in [7, 11) is -3.95. The lowest BCUT2D eigenvalue weighted by atomic mass is 10.1.